The Hall–Kier alpha value is -2.20. The Morgan fingerprint density at radius 1 is 0.875 bits per heavy atom. The van der Waals surface area contributed by atoms with Crippen LogP contribution in [0, 0.1) is 18.6 Å². The summed E-state index contributed by atoms with van der Waals surface area (Å²) < 4.78 is 33.7. The fourth-order valence-electron chi connectivity index (χ4n) is 2.48. The normalized spacial score (nSPS) is 10.8. The highest BCUT2D eigenvalue weighted by Gasteiger charge is 2.15. The van der Waals surface area contributed by atoms with Gasteiger partial charge in [-0.15, -0.1) is 11.3 Å². The number of aryl methyl sites for hydroxylation is 1. The maximum atomic E-state index is 14.3. The van der Waals surface area contributed by atoms with E-state index in [-0.39, 0.29) is 11.3 Å². The maximum Gasteiger partial charge on any atom is 0.201 e. The first-order valence-electron chi connectivity index (χ1n) is 7.88. The number of thiophene rings is 1. The summed E-state index contributed by atoms with van der Waals surface area (Å²) in [4.78, 5) is 2.40. The van der Waals surface area contributed by atoms with Gasteiger partial charge < -0.3 is 4.74 Å². The van der Waals surface area contributed by atoms with Crippen LogP contribution in [-0.4, -0.2) is 6.61 Å². The van der Waals surface area contributed by atoms with Gasteiger partial charge in [-0.25, -0.2) is 4.39 Å². The number of halogens is 2. The molecule has 1 nitrogen and oxygen atoms in total. The van der Waals surface area contributed by atoms with Gasteiger partial charge in [0, 0.05) is 15.3 Å². The summed E-state index contributed by atoms with van der Waals surface area (Å²) in [6.45, 7) is 4.34. The number of benzene rings is 2. The lowest BCUT2D eigenvalue weighted by molar-refractivity contribution is 0.295. The molecular weight excluding hydrogens is 326 g/mol. The monoisotopic (exact) mass is 344 g/mol. The molecule has 0 aliphatic rings. The van der Waals surface area contributed by atoms with Crippen LogP contribution in [-0.2, 0) is 0 Å². The van der Waals surface area contributed by atoms with Gasteiger partial charge in [0.15, 0.2) is 11.6 Å². The zero-order valence-corrected chi connectivity index (χ0v) is 14.4. The summed E-state index contributed by atoms with van der Waals surface area (Å²) in [6.07, 6.45) is 0.743. The molecule has 0 fully saturated rings. The van der Waals surface area contributed by atoms with E-state index in [9.17, 15) is 8.78 Å². The Morgan fingerprint density at radius 3 is 2.21 bits per heavy atom. The molecule has 0 amide bonds. The molecule has 24 heavy (non-hydrogen) atoms. The van der Waals surface area contributed by atoms with E-state index in [2.05, 4.69) is 19.1 Å². The molecule has 3 aromatic rings. The van der Waals surface area contributed by atoms with Gasteiger partial charge in [-0.05, 0) is 48.7 Å². The summed E-state index contributed by atoms with van der Waals surface area (Å²) in [5.41, 5.74) is 1.95. The van der Waals surface area contributed by atoms with Crippen molar-refractivity contribution in [1.82, 2.24) is 0 Å². The third-order valence-corrected chi connectivity index (χ3v) is 4.78. The lowest BCUT2D eigenvalue weighted by Gasteiger charge is -2.10. The Bertz CT molecular complexity index is 837. The van der Waals surface area contributed by atoms with Crippen LogP contribution >= 0.6 is 11.3 Å². The summed E-state index contributed by atoms with van der Waals surface area (Å²) in [5.74, 6) is -1.84. The van der Waals surface area contributed by atoms with Crippen molar-refractivity contribution in [2.24, 2.45) is 0 Å². The largest absolute Gasteiger partial charge is 0.490 e. The van der Waals surface area contributed by atoms with E-state index in [1.165, 1.54) is 10.9 Å². The van der Waals surface area contributed by atoms with E-state index < -0.39 is 11.6 Å². The van der Waals surface area contributed by atoms with Crippen LogP contribution in [0.5, 0.6) is 5.75 Å². The molecule has 0 atom stereocenters. The van der Waals surface area contributed by atoms with Crippen molar-refractivity contribution < 1.29 is 13.5 Å². The van der Waals surface area contributed by atoms with Crippen LogP contribution in [0.4, 0.5) is 8.78 Å². The smallest absolute Gasteiger partial charge is 0.201 e. The molecule has 3 rings (SSSR count). The van der Waals surface area contributed by atoms with Crippen LogP contribution in [0.15, 0.2) is 48.5 Å². The van der Waals surface area contributed by atoms with Crippen molar-refractivity contribution >= 4 is 11.3 Å². The van der Waals surface area contributed by atoms with E-state index in [0.29, 0.717) is 12.2 Å². The van der Waals surface area contributed by atoms with Crippen LogP contribution in [0.25, 0.3) is 21.6 Å². The number of rotatable bonds is 5. The third-order valence-electron chi connectivity index (χ3n) is 3.73. The van der Waals surface area contributed by atoms with Gasteiger partial charge >= 0.3 is 0 Å². The second kappa shape index (κ2) is 7.14. The zero-order valence-electron chi connectivity index (χ0n) is 13.6. The van der Waals surface area contributed by atoms with E-state index in [4.69, 9.17) is 4.74 Å². The minimum atomic E-state index is -0.932. The fourth-order valence-corrected chi connectivity index (χ4v) is 3.35. The van der Waals surface area contributed by atoms with Gasteiger partial charge in [-0.2, -0.15) is 4.39 Å². The Morgan fingerprint density at radius 2 is 1.58 bits per heavy atom. The van der Waals surface area contributed by atoms with E-state index in [1.807, 2.05) is 31.2 Å². The quantitative estimate of drug-likeness (QED) is 0.516. The number of hydrogen-bond donors (Lipinski definition) is 0. The molecule has 0 unspecified atom stereocenters. The highest BCUT2D eigenvalue weighted by atomic mass is 32.1. The van der Waals surface area contributed by atoms with Crippen molar-refractivity contribution in [1.29, 1.82) is 0 Å². The standard InChI is InChI=1S/C20H18F2OS/c1-3-12-23-17-10-9-16(19(21)20(17)22)14-5-7-15(8-6-14)18-11-4-13(2)24-18/h4-11H,3,12H2,1-2H3. The molecule has 0 bridgehead atoms. The van der Waals surface area contributed by atoms with Gasteiger partial charge in [-0.1, -0.05) is 31.2 Å². The Balaban J connectivity index is 1.90. The van der Waals surface area contributed by atoms with Crippen LogP contribution in [0.2, 0.25) is 0 Å². The minimum absolute atomic E-state index is 0.0382. The SMILES string of the molecule is CCCOc1ccc(-c2ccc(-c3ccc(C)s3)cc2)c(F)c1F. The fraction of sp³-hybridized carbons (Fsp3) is 0.200. The Kier molecular flexibility index (Phi) is 4.95. The first kappa shape index (κ1) is 16.7. The molecule has 2 aromatic carbocycles. The summed E-state index contributed by atoms with van der Waals surface area (Å²) in [7, 11) is 0. The van der Waals surface area contributed by atoms with E-state index in [1.54, 1.807) is 17.4 Å². The molecular formula is C20H18F2OS. The highest BCUT2D eigenvalue weighted by Crippen LogP contribution is 2.33. The van der Waals surface area contributed by atoms with Crippen molar-refractivity contribution in [3.8, 4) is 27.3 Å². The minimum Gasteiger partial charge on any atom is -0.490 e. The average Bonchev–Trinajstić information content (AvgIpc) is 3.03. The predicted molar refractivity (Wildman–Crippen MR) is 95.6 cm³/mol. The molecule has 124 valence electrons. The second-order valence-electron chi connectivity index (χ2n) is 5.58. The van der Waals surface area contributed by atoms with Crippen molar-refractivity contribution in [3.05, 3.63) is 65.0 Å². The topological polar surface area (TPSA) is 9.23 Å². The molecule has 1 heterocycles. The molecule has 0 aliphatic carbocycles. The molecule has 0 spiro atoms. The number of ether oxygens (including phenoxy) is 1. The van der Waals surface area contributed by atoms with Gasteiger partial charge in [0.05, 0.1) is 6.61 Å². The van der Waals surface area contributed by atoms with Gasteiger partial charge in [0.1, 0.15) is 0 Å². The maximum absolute atomic E-state index is 14.3. The Labute approximate surface area is 144 Å². The van der Waals surface area contributed by atoms with Gasteiger partial charge in [0.25, 0.3) is 0 Å². The van der Waals surface area contributed by atoms with E-state index in [0.717, 1.165) is 16.9 Å². The summed E-state index contributed by atoms with van der Waals surface area (Å²) in [6, 6.07) is 14.7. The van der Waals surface area contributed by atoms with Gasteiger partial charge in [-0.3, -0.25) is 0 Å². The van der Waals surface area contributed by atoms with Gasteiger partial charge in [0.2, 0.25) is 5.82 Å². The van der Waals surface area contributed by atoms with Crippen molar-refractivity contribution in [2.45, 2.75) is 20.3 Å². The molecule has 0 N–H and O–H groups in total. The summed E-state index contributed by atoms with van der Waals surface area (Å²) >= 11 is 1.71. The number of hydrogen-bond acceptors (Lipinski definition) is 2. The molecule has 0 radical (unpaired) electrons. The second-order valence-corrected chi connectivity index (χ2v) is 6.86. The first-order chi connectivity index (χ1) is 11.6. The molecule has 0 saturated heterocycles. The lowest BCUT2D eigenvalue weighted by atomic mass is 10.0. The van der Waals surface area contributed by atoms with E-state index >= 15 is 0 Å². The van der Waals surface area contributed by atoms with Crippen LogP contribution in [0.1, 0.15) is 18.2 Å². The molecule has 1 aromatic heterocycles. The molecule has 0 aliphatic heterocycles. The van der Waals surface area contributed by atoms with Crippen molar-refractivity contribution in [3.63, 3.8) is 0 Å². The predicted octanol–water partition coefficient (Wildman–Crippen LogP) is 6.46. The molecule has 4 heteroatoms. The van der Waals surface area contributed by atoms with Crippen LogP contribution < -0.4 is 4.74 Å². The summed E-state index contributed by atoms with van der Waals surface area (Å²) in [5, 5.41) is 0. The zero-order chi connectivity index (χ0) is 17.1. The third kappa shape index (κ3) is 3.34. The van der Waals surface area contributed by atoms with Crippen molar-refractivity contribution in [2.75, 3.05) is 6.61 Å². The lowest BCUT2D eigenvalue weighted by Crippen LogP contribution is -2.00. The first-order valence-corrected chi connectivity index (χ1v) is 8.70. The highest BCUT2D eigenvalue weighted by molar-refractivity contribution is 7.15. The van der Waals surface area contributed by atoms with Crippen LogP contribution in [0.3, 0.4) is 0 Å². The molecule has 0 saturated carbocycles. The average molecular weight is 344 g/mol.